The predicted octanol–water partition coefficient (Wildman–Crippen LogP) is 6.70. The lowest BCUT2D eigenvalue weighted by Gasteiger charge is -2.35. The van der Waals surface area contributed by atoms with Crippen LogP contribution in [0.15, 0.2) is 72.8 Å². The van der Waals surface area contributed by atoms with E-state index in [0.717, 1.165) is 38.2 Å². The Morgan fingerprint density at radius 2 is 1.59 bits per heavy atom. The Balaban J connectivity index is 0.000000913. The summed E-state index contributed by atoms with van der Waals surface area (Å²) in [5.41, 5.74) is 12.2. The van der Waals surface area contributed by atoms with E-state index in [9.17, 15) is 0 Å². The van der Waals surface area contributed by atoms with E-state index in [1.807, 2.05) is 6.07 Å². The Morgan fingerprint density at radius 3 is 2.25 bits per heavy atom. The zero-order chi connectivity index (χ0) is 22.8. The van der Waals surface area contributed by atoms with E-state index in [-0.39, 0.29) is 0 Å². The second kappa shape index (κ2) is 12.3. The van der Waals surface area contributed by atoms with E-state index < -0.39 is 0 Å². The van der Waals surface area contributed by atoms with Crippen LogP contribution in [-0.4, -0.2) is 19.6 Å². The molecule has 1 unspecified atom stereocenters. The van der Waals surface area contributed by atoms with Crippen LogP contribution in [0, 0.1) is 5.92 Å². The highest BCUT2D eigenvalue weighted by Crippen LogP contribution is 2.34. The van der Waals surface area contributed by atoms with Crippen molar-refractivity contribution in [3.8, 4) is 16.9 Å². The van der Waals surface area contributed by atoms with Crippen LogP contribution in [0.2, 0.25) is 0 Å². The Morgan fingerprint density at radius 1 is 0.906 bits per heavy atom. The minimum atomic E-state index is 0.579. The zero-order valence-electron chi connectivity index (χ0n) is 19.9. The van der Waals surface area contributed by atoms with Crippen molar-refractivity contribution in [2.24, 2.45) is 11.7 Å². The van der Waals surface area contributed by atoms with Gasteiger partial charge in [0.15, 0.2) is 0 Å². The fraction of sp³-hybridized carbons (Fsp3) is 0.379. The van der Waals surface area contributed by atoms with Gasteiger partial charge in [0.05, 0.1) is 0 Å². The third-order valence-corrected chi connectivity index (χ3v) is 5.81. The number of nitrogens with two attached hydrogens (primary N) is 1. The number of rotatable bonds is 7. The van der Waals surface area contributed by atoms with Crippen LogP contribution >= 0.6 is 0 Å². The number of fused-ring (bicyclic) bond motifs is 1. The molecule has 3 aromatic carbocycles. The average molecular weight is 431 g/mol. The van der Waals surface area contributed by atoms with Crippen molar-refractivity contribution in [2.75, 3.05) is 24.5 Å². The normalized spacial score (nSPS) is 14.9. The maximum absolute atomic E-state index is 6.12. The Bertz CT molecular complexity index is 937. The van der Waals surface area contributed by atoms with Gasteiger partial charge in [0.2, 0.25) is 0 Å². The molecule has 0 aromatic heterocycles. The molecule has 0 spiro atoms. The molecule has 1 aliphatic rings. The van der Waals surface area contributed by atoms with Crippen LogP contribution < -0.4 is 15.4 Å². The van der Waals surface area contributed by atoms with Crippen LogP contribution in [0.3, 0.4) is 0 Å². The number of nitrogens with zero attached hydrogens (tertiary/aromatic N) is 1. The highest BCUT2D eigenvalue weighted by Gasteiger charge is 2.23. The van der Waals surface area contributed by atoms with Crippen molar-refractivity contribution < 1.29 is 4.74 Å². The second-order valence-electron chi connectivity index (χ2n) is 8.54. The largest absolute Gasteiger partial charge is 0.489 e. The van der Waals surface area contributed by atoms with Gasteiger partial charge in [0.1, 0.15) is 12.4 Å². The van der Waals surface area contributed by atoms with Gasteiger partial charge in [0.25, 0.3) is 0 Å². The number of benzene rings is 3. The van der Waals surface area contributed by atoms with Crippen LogP contribution in [0.25, 0.3) is 11.1 Å². The molecule has 3 heteroatoms. The minimum absolute atomic E-state index is 0.579. The van der Waals surface area contributed by atoms with Gasteiger partial charge in [-0.25, -0.2) is 0 Å². The van der Waals surface area contributed by atoms with Gasteiger partial charge in [-0.05, 0) is 60.5 Å². The first-order valence-electron chi connectivity index (χ1n) is 12.0. The summed E-state index contributed by atoms with van der Waals surface area (Å²) in [5.74, 6) is 1.59. The summed E-state index contributed by atoms with van der Waals surface area (Å²) in [7, 11) is 0. The second-order valence-corrected chi connectivity index (χ2v) is 8.54. The molecule has 2 N–H and O–H groups in total. The lowest BCUT2D eigenvalue weighted by molar-refractivity contribution is 0.306. The van der Waals surface area contributed by atoms with E-state index in [4.69, 9.17) is 10.5 Å². The fourth-order valence-electron chi connectivity index (χ4n) is 4.21. The molecule has 0 aliphatic carbocycles. The van der Waals surface area contributed by atoms with Gasteiger partial charge in [-0.15, -0.1) is 0 Å². The van der Waals surface area contributed by atoms with Crippen LogP contribution in [0.1, 0.15) is 44.7 Å². The maximum atomic E-state index is 6.12. The molecule has 0 bridgehead atoms. The quantitative estimate of drug-likeness (QED) is 0.453. The Hall–Kier alpha value is -2.78. The van der Waals surface area contributed by atoms with Gasteiger partial charge >= 0.3 is 0 Å². The highest BCUT2D eigenvalue weighted by atomic mass is 16.5. The third kappa shape index (κ3) is 6.37. The van der Waals surface area contributed by atoms with Crippen molar-refractivity contribution in [3.63, 3.8) is 0 Å². The van der Waals surface area contributed by atoms with Gasteiger partial charge < -0.3 is 15.4 Å². The maximum Gasteiger partial charge on any atom is 0.121 e. The molecular formula is C29H38N2O. The van der Waals surface area contributed by atoms with Crippen molar-refractivity contribution in [2.45, 2.75) is 46.6 Å². The predicted molar refractivity (Wildman–Crippen MR) is 137 cm³/mol. The van der Waals surface area contributed by atoms with Gasteiger partial charge in [-0.1, -0.05) is 80.9 Å². The molecule has 4 rings (SSSR count). The Labute approximate surface area is 194 Å². The standard InChI is InChI=1S/C26H30N2O.C3H8/c1-2-28-18-21(14-15-27)16-24-12-13-25(17-26(24)28)29-19-20-8-10-23(11-9-20)22-6-4-3-5-7-22;1-3-2/h3-13,17,21H,2,14-16,18-19,27H2,1H3;3H2,1-2H3. The van der Waals surface area contributed by atoms with Crippen molar-refractivity contribution in [1.82, 2.24) is 0 Å². The van der Waals surface area contributed by atoms with Gasteiger partial charge in [0, 0.05) is 24.8 Å². The molecule has 0 saturated heterocycles. The molecule has 3 nitrogen and oxygen atoms in total. The molecule has 170 valence electrons. The summed E-state index contributed by atoms with van der Waals surface area (Å²) in [6.07, 6.45) is 3.46. The van der Waals surface area contributed by atoms with E-state index in [2.05, 4.69) is 92.4 Å². The van der Waals surface area contributed by atoms with E-state index in [1.165, 1.54) is 34.4 Å². The first kappa shape index (κ1) is 23.9. The average Bonchev–Trinajstić information content (AvgIpc) is 2.84. The third-order valence-electron chi connectivity index (χ3n) is 5.81. The fourth-order valence-corrected chi connectivity index (χ4v) is 4.21. The van der Waals surface area contributed by atoms with E-state index in [0.29, 0.717) is 12.5 Å². The molecular weight excluding hydrogens is 392 g/mol. The van der Waals surface area contributed by atoms with Crippen LogP contribution in [0.4, 0.5) is 5.69 Å². The summed E-state index contributed by atoms with van der Waals surface area (Å²) in [6.45, 7) is 9.91. The number of anilines is 1. The lowest BCUT2D eigenvalue weighted by atomic mass is 9.90. The number of ether oxygens (including phenoxy) is 1. The molecule has 3 aromatic rings. The summed E-state index contributed by atoms with van der Waals surface area (Å²) in [6, 6.07) is 25.6. The minimum Gasteiger partial charge on any atom is -0.489 e. The molecule has 0 radical (unpaired) electrons. The highest BCUT2D eigenvalue weighted by molar-refractivity contribution is 5.63. The van der Waals surface area contributed by atoms with E-state index in [1.54, 1.807) is 0 Å². The van der Waals surface area contributed by atoms with E-state index >= 15 is 0 Å². The first-order valence-corrected chi connectivity index (χ1v) is 12.0. The lowest BCUT2D eigenvalue weighted by Crippen LogP contribution is -2.36. The van der Waals surface area contributed by atoms with Crippen LogP contribution in [-0.2, 0) is 13.0 Å². The molecule has 0 amide bonds. The molecule has 1 atom stereocenters. The summed E-state index contributed by atoms with van der Waals surface area (Å²) >= 11 is 0. The smallest absolute Gasteiger partial charge is 0.121 e. The van der Waals surface area contributed by atoms with Gasteiger partial charge in [-0.2, -0.15) is 0 Å². The molecule has 0 fully saturated rings. The monoisotopic (exact) mass is 430 g/mol. The van der Waals surface area contributed by atoms with Crippen LogP contribution in [0.5, 0.6) is 5.75 Å². The molecule has 0 saturated carbocycles. The van der Waals surface area contributed by atoms with Gasteiger partial charge in [-0.3, -0.25) is 0 Å². The Kier molecular flexibility index (Phi) is 9.18. The number of hydrogen-bond donors (Lipinski definition) is 1. The summed E-state index contributed by atoms with van der Waals surface area (Å²) < 4.78 is 6.12. The van der Waals surface area contributed by atoms with Crippen molar-refractivity contribution >= 4 is 5.69 Å². The molecule has 32 heavy (non-hydrogen) atoms. The summed E-state index contributed by atoms with van der Waals surface area (Å²) in [5, 5.41) is 0. The molecule has 1 heterocycles. The number of hydrogen-bond acceptors (Lipinski definition) is 3. The first-order chi connectivity index (χ1) is 15.7. The summed E-state index contributed by atoms with van der Waals surface area (Å²) in [4.78, 5) is 2.46. The van der Waals surface area contributed by atoms with Crippen molar-refractivity contribution in [3.05, 3.63) is 83.9 Å². The SMILES string of the molecule is CCC.CCN1CC(CCN)Cc2ccc(OCc3ccc(-c4ccccc4)cc3)cc21. The zero-order valence-corrected chi connectivity index (χ0v) is 19.9. The van der Waals surface area contributed by atoms with Crippen molar-refractivity contribution in [1.29, 1.82) is 0 Å². The topological polar surface area (TPSA) is 38.5 Å². The molecule has 1 aliphatic heterocycles.